The zero-order valence-electron chi connectivity index (χ0n) is 20.6. The fourth-order valence-electron chi connectivity index (χ4n) is 4.07. The monoisotopic (exact) mass is 571 g/mol. The topological polar surface area (TPSA) is 103 Å². The molecule has 1 aliphatic heterocycles. The van der Waals surface area contributed by atoms with Gasteiger partial charge in [-0.05, 0) is 36.2 Å². The van der Waals surface area contributed by atoms with Gasteiger partial charge in [0, 0.05) is 24.1 Å². The maximum Gasteiger partial charge on any atom is 0.276 e. The van der Waals surface area contributed by atoms with Crippen molar-refractivity contribution in [2.24, 2.45) is 0 Å². The van der Waals surface area contributed by atoms with Crippen LogP contribution in [0.15, 0.2) is 59.5 Å². The number of halogens is 6. The first kappa shape index (κ1) is 29.1. The maximum absolute atomic E-state index is 13.4. The number of benzene rings is 2. The molecule has 1 aromatic heterocycles. The molecule has 1 amide bonds. The van der Waals surface area contributed by atoms with Gasteiger partial charge in [0.25, 0.3) is 25.2 Å². The molecule has 1 fully saturated rings. The van der Waals surface area contributed by atoms with E-state index in [2.05, 4.69) is 10.4 Å². The van der Waals surface area contributed by atoms with Gasteiger partial charge in [-0.3, -0.25) is 14.3 Å². The summed E-state index contributed by atoms with van der Waals surface area (Å²) in [7, 11) is 0. The van der Waals surface area contributed by atoms with E-state index in [0.717, 1.165) is 24.3 Å². The highest BCUT2D eigenvalue weighted by molar-refractivity contribution is 6.04. The number of rotatable bonds is 10. The highest BCUT2D eigenvalue weighted by atomic mass is 19.3. The zero-order chi connectivity index (χ0) is 29.0. The SMILES string of the molecule is O=C(Nc1ccc(C(O)(C(F)F)C(F)F)cc1)c1cn(C2CCOC2)nc(-c2ccccc2OCC(F)F)c1=O. The molecule has 14 heteroatoms. The van der Waals surface area contributed by atoms with Crippen LogP contribution in [0.1, 0.15) is 28.4 Å². The molecular weight excluding hydrogens is 548 g/mol. The van der Waals surface area contributed by atoms with Crippen molar-refractivity contribution in [3.63, 3.8) is 0 Å². The number of hydrogen-bond donors (Lipinski definition) is 2. The number of nitrogens with zero attached hydrogens (tertiary/aromatic N) is 2. The van der Waals surface area contributed by atoms with Crippen LogP contribution in [0.5, 0.6) is 5.75 Å². The van der Waals surface area contributed by atoms with Crippen LogP contribution in [0.2, 0.25) is 0 Å². The minimum Gasteiger partial charge on any atom is -0.487 e. The number of aliphatic hydroxyl groups is 1. The smallest absolute Gasteiger partial charge is 0.276 e. The van der Waals surface area contributed by atoms with Gasteiger partial charge in [-0.25, -0.2) is 26.3 Å². The maximum atomic E-state index is 13.4. The predicted octanol–water partition coefficient (Wildman–Crippen LogP) is 4.49. The van der Waals surface area contributed by atoms with Crippen molar-refractivity contribution < 1.29 is 45.7 Å². The summed E-state index contributed by atoms with van der Waals surface area (Å²) in [4.78, 5) is 26.6. The Labute approximate surface area is 223 Å². The molecule has 0 bridgehead atoms. The molecule has 2 heterocycles. The fraction of sp³-hybridized carbons (Fsp3) is 0.346. The highest BCUT2D eigenvalue weighted by Crippen LogP contribution is 2.35. The van der Waals surface area contributed by atoms with Gasteiger partial charge in [-0.15, -0.1) is 0 Å². The van der Waals surface area contributed by atoms with Crippen LogP contribution in [0.4, 0.5) is 32.0 Å². The second kappa shape index (κ2) is 12.1. The number of nitrogens with one attached hydrogen (secondary N) is 1. The molecule has 1 saturated heterocycles. The van der Waals surface area contributed by atoms with E-state index < -0.39 is 53.9 Å². The van der Waals surface area contributed by atoms with Crippen molar-refractivity contribution in [1.82, 2.24) is 9.78 Å². The second-order valence-corrected chi connectivity index (χ2v) is 8.87. The van der Waals surface area contributed by atoms with Crippen molar-refractivity contribution in [2.75, 3.05) is 25.1 Å². The number of anilines is 1. The standard InChI is InChI=1S/C26H23F6N3O5/c27-20(28)13-40-19-4-2-1-3-17(19)21-22(36)18(11-35(34-21)16-9-10-39-12-16)23(37)33-15-7-5-14(6-8-15)26(38,24(29)30)25(31)32/h1-8,11,16,20,24-25,38H,9-10,12-13H2,(H,33,37). The van der Waals surface area contributed by atoms with Crippen LogP contribution in [0.3, 0.4) is 0 Å². The van der Waals surface area contributed by atoms with Gasteiger partial charge in [0.05, 0.1) is 12.6 Å². The lowest BCUT2D eigenvalue weighted by Gasteiger charge is -2.26. The average molecular weight is 571 g/mol. The molecule has 3 aromatic rings. The van der Waals surface area contributed by atoms with Crippen LogP contribution in [0, 0.1) is 0 Å². The summed E-state index contributed by atoms with van der Waals surface area (Å²) in [5.74, 6) is -1.00. The Bertz CT molecular complexity index is 1390. The number of ether oxygens (including phenoxy) is 2. The summed E-state index contributed by atoms with van der Waals surface area (Å²) in [6.45, 7) is -0.304. The third kappa shape index (κ3) is 5.97. The molecule has 1 unspecified atom stereocenters. The Morgan fingerprint density at radius 2 is 1.77 bits per heavy atom. The number of carbonyl (C=O) groups excluding carboxylic acids is 1. The molecule has 0 spiro atoms. The Morgan fingerprint density at radius 3 is 2.38 bits per heavy atom. The van der Waals surface area contributed by atoms with E-state index in [0.29, 0.717) is 13.0 Å². The zero-order valence-corrected chi connectivity index (χ0v) is 20.6. The lowest BCUT2D eigenvalue weighted by Crippen LogP contribution is -2.41. The first-order chi connectivity index (χ1) is 19.0. The van der Waals surface area contributed by atoms with Gasteiger partial charge in [-0.2, -0.15) is 5.10 Å². The summed E-state index contributed by atoms with van der Waals surface area (Å²) < 4.78 is 90.1. The van der Waals surface area contributed by atoms with Gasteiger partial charge in [0.1, 0.15) is 23.6 Å². The molecule has 8 nitrogen and oxygen atoms in total. The molecular formula is C26H23F6N3O5. The highest BCUT2D eigenvalue weighted by Gasteiger charge is 2.48. The summed E-state index contributed by atoms with van der Waals surface area (Å²) in [5, 5.41) is 16.5. The van der Waals surface area contributed by atoms with Crippen molar-refractivity contribution >= 4 is 11.6 Å². The summed E-state index contributed by atoms with van der Waals surface area (Å²) in [6.07, 6.45) is -8.64. The van der Waals surface area contributed by atoms with Gasteiger partial charge >= 0.3 is 0 Å². The van der Waals surface area contributed by atoms with E-state index in [-0.39, 0.29) is 35.3 Å². The Balaban J connectivity index is 1.70. The number of aromatic nitrogens is 2. The lowest BCUT2D eigenvalue weighted by atomic mass is 9.94. The molecule has 4 rings (SSSR count). The minimum absolute atomic E-state index is 0.0474. The normalized spacial score (nSPS) is 15.7. The molecule has 1 aliphatic rings. The van der Waals surface area contributed by atoms with Crippen LogP contribution >= 0.6 is 0 Å². The van der Waals surface area contributed by atoms with Gasteiger partial charge in [0.15, 0.2) is 0 Å². The predicted molar refractivity (Wildman–Crippen MR) is 130 cm³/mol. The van der Waals surface area contributed by atoms with Crippen LogP contribution in [-0.4, -0.2) is 59.9 Å². The number of carbonyl (C=O) groups is 1. The molecule has 0 radical (unpaired) electrons. The van der Waals surface area contributed by atoms with Crippen molar-refractivity contribution in [2.45, 2.75) is 37.3 Å². The summed E-state index contributed by atoms with van der Waals surface area (Å²) in [5.41, 5.74) is -5.97. The third-order valence-electron chi connectivity index (χ3n) is 6.24. The molecule has 40 heavy (non-hydrogen) atoms. The largest absolute Gasteiger partial charge is 0.487 e. The van der Waals surface area contributed by atoms with E-state index in [1.807, 2.05) is 0 Å². The average Bonchev–Trinajstić information content (AvgIpc) is 3.47. The third-order valence-corrected chi connectivity index (χ3v) is 6.24. The van der Waals surface area contributed by atoms with E-state index >= 15 is 0 Å². The summed E-state index contributed by atoms with van der Waals surface area (Å²) in [6, 6.07) is 9.13. The summed E-state index contributed by atoms with van der Waals surface area (Å²) >= 11 is 0. The number of para-hydroxylation sites is 1. The van der Waals surface area contributed by atoms with E-state index in [4.69, 9.17) is 9.47 Å². The van der Waals surface area contributed by atoms with Crippen molar-refractivity contribution in [1.29, 1.82) is 0 Å². The molecule has 1 atom stereocenters. The number of amides is 1. The number of hydrogen-bond acceptors (Lipinski definition) is 6. The van der Waals surface area contributed by atoms with Crippen LogP contribution in [0.25, 0.3) is 11.3 Å². The molecule has 0 saturated carbocycles. The van der Waals surface area contributed by atoms with Crippen molar-refractivity contribution in [3.8, 4) is 17.0 Å². The van der Waals surface area contributed by atoms with Gasteiger partial charge in [-0.1, -0.05) is 24.3 Å². The Hall–Kier alpha value is -3.91. The van der Waals surface area contributed by atoms with Gasteiger partial charge < -0.3 is 19.9 Å². The fourth-order valence-corrected chi connectivity index (χ4v) is 4.07. The second-order valence-electron chi connectivity index (χ2n) is 8.87. The van der Waals surface area contributed by atoms with Crippen LogP contribution in [-0.2, 0) is 10.3 Å². The quantitative estimate of drug-likeness (QED) is 0.348. The first-order valence-electron chi connectivity index (χ1n) is 11.9. The molecule has 214 valence electrons. The lowest BCUT2D eigenvalue weighted by molar-refractivity contribution is -0.183. The first-order valence-corrected chi connectivity index (χ1v) is 11.9. The molecule has 0 aliphatic carbocycles. The van der Waals surface area contributed by atoms with Gasteiger partial charge in [0.2, 0.25) is 11.0 Å². The molecule has 2 aromatic carbocycles. The van der Waals surface area contributed by atoms with E-state index in [1.54, 1.807) is 0 Å². The van der Waals surface area contributed by atoms with E-state index in [1.165, 1.54) is 35.1 Å². The minimum atomic E-state index is -3.78. The van der Waals surface area contributed by atoms with E-state index in [9.17, 15) is 41.0 Å². The number of alkyl halides is 6. The van der Waals surface area contributed by atoms with Crippen LogP contribution < -0.4 is 15.5 Å². The molecule has 2 N–H and O–H groups in total. The Kier molecular flexibility index (Phi) is 8.79. The Morgan fingerprint density at radius 1 is 1.10 bits per heavy atom. The van der Waals surface area contributed by atoms with Crippen molar-refractivity contribution in [3.05, 3.63) is 76.1 Å².